The minimum atomic E-state index is -1.02. The lowest BCUT2D eigenvalue weighted by atomic mass is 9.96. The Kier molecular flexibility index (Phi) is 10.6. The van der Waals surface area contributed by atoms with E-state index in [1.807, 2.05) is 13.8 Å². The third-order valence-corrected chi connectivity index (χ3v) is 7.04. The van der Waals surface area contributed by atoms with Crippen LogP contribution in [0.2, 0.25) is 0 Å². The number of ether oxygens (including phenoxy) is 3. The normalized spacial score (nSPS) is 22.2. The van der Waals surface area contributed by atoms with Gasteiger partial charge in [-0.3, -0.25) is 9.59 Å². The molecular formula is C24H33N3O8S. The van der Waals surface area contributed by atoms with Crippen LogP contribution < -0.4 is 10.6 Å². The second-order valence-corrected chi connectivity index (χ2v) is 10.4. The highest BCUT2D eigenvalue weighted by Crippen LogP contribution is 2.51. The zero-order valence-electron chi connectivity index (χ0n) is 20.5. The van der Waals surface area contributed by atoms with Gasteiger partial charge in [0.15, 0.2) is 0 Å². The molecular weight excluding hydrogens is 490 g/mol. The van der Waals surface area contributed by atoms with E-state index in [1.54, 1.807) is 0 Å². The van der Waals surface area contributed by atoms with Crippen LogP contribution in [0.25, 0.3) is 0 Å². The Bertz CT molecular complexity index is 906. The number of nitrogens with one attached hydrogen (secondary N) is 2. The molecule has 0 aliphatic carbocycles. The summed E-state index contributed by atoms with van der Waals surface area (Å²) in [7, 11) is 0. The molecule has 0 bridgehead atoms. The summed E-state index contributed by atoms with van der Waals surface area (Å²) in [4.78, 5) is 63.3. The smallest absolute Gasteiger partial charge is 0.408 e. The average molecular weight is 524 g/mol. The fourth-order valence-electron chi connectivity index (χ4n) is 3.87. The molecule has 36 heavy (non-hydrogen) atoms. The Morgan fingerprint density at radius 1 is 1.06 bits per heavy atom. The molecule has 0 aromatic carbocycles. The second-order valence-electron chi connectivity index (χ2n) is 8.62. The van der Waals surface area contributed by atoms with Gasteiger partial charge in [-0.15, -0.1) is 11.8 Å². The van der Waals surface area contributed by atoms with Gasteiger partial charge in [0.25, 0.3) is 0 Å². The van der Waals surface area contributed by atoms with Gasteiger partial charge in [0, 0.05) is 11.2 Å². The van der Waals surface area contributed by atoms with Crippen molar-refractivity contribution < 1.29 is 38.2 Å². The minimum absolute atomic E-state index is 0.00396. The van der Waals surface area contributed by atoms with Crippen LogP contribution in [-0.2, 0) is 33.4 Å². The summed E-state index contributed by atoms with van der Waals surface area (Å²) < 4.78 is 14.4. The summed E-state index contributed by atoms with van der Waals surface area (Å²) in [6, 6.07) is -2.55. The molecule has 0 aromatic rings. The molecule has 2 aliphatic rings. The zero-order chi connectivity index (χ0) is 26.9. The van der Waals surface area contributed by atoms with Crippen molar-refractivity contribution in [3.05, 3.63) is 38.0 Å². The van der Waals surface area contributed by atoms with Crippen molar-refractivity contribution in [1.29, 1.82) is 0 Å². The number of nitrogens with zero attached hydrogens (tertiary/aromatic N) is 1. The van der Waals surface area contributed by atoms with Gasteiger partial charge in [-0.2, -0.15) is 0 Å². The van der Waals surface area contributed by atoms with Gasteiger partial charge in [-0.25, -0.2) is 14.4 Å². The van der Waals surface area contributed by atoms with Crippen LogP contribution in [0, 0.1) is 0 Å². The fraction of sp³-hybridized carbons (Fsp3) is 0.542. The molecule has 198 valence electrons. The van der Waals surface area contributed by atoms with Gasteiger partial charge in [-0.05, 0) is 26.7 Å². The maximum absolute atomic E-state index is 12.8. The number of esters is 2. The predicted molar refractivity (Wildman–Crippen MR) is 133 cm³/mol. The number of β-lactam (4-membered cyclic amide) rings is 1. The van der Waals surface area contributed by atoms with Gasteiger partial charge in [0.1, 0.15) is 43.3 Å². The molecule has 12 heteroatoms. The van der Waals surface area contributed by atoms with Crippen LogP contribution in [0.4, 0.5) is 4.79 Å². The molecule has 2 aliphatic heterocycles. The lowest BCUT2D eigenvalue weighted by Gasteiger charge is -2.43. The molecule has 0 spiro atoms. The van der Waals surface area contributed by atoms with Crippen LogP contribution in [0.3, 0.4) is 0 Å². The first-order chi connectivity index (χ1) is 17.1. The maximum atomic E-state index is 12.8. The highest BCUT2D eigenvalue weighted by atomic mass is 32.2. The third kappa shape index (κ3) is 7.12. The molecule has 2 rings (SSSR count). The summed E-state index contributed by atoms with van der Waals surface area (Å²) in [5.41, 5.74) is 0. The van der Waals surface area contributed by atoms with Crippen molar-refractivity contribution in [2.24, 2.45) is 0 Å². The first-order valence-electron chi connectivity index (χ1n) is 11.5. The van der Waals surface area contributed by atoms with Gasteiger partial charge >= 0.3 is 18.0 Å². The number of hydrogen-bond donors (Lipinski definition) is 2. The number of carbonyl (C=O) groups excluding carboxylic acids is 5. The van der Waals surface area contributed by atoms with E-state index in [0.29, 0.717) is 0 Å². The van der Waals surface area contributed by atoms with E-state index in [0.717, 1.165) is 0 Å². The van der Waals surface area contributed by atoms with Gasteiger partial charge in [0.05, 0.1) is 0 Å². The highest BCUT2D eigenvalue weighted by Gasteiger charge is 2.64. The number of rotatable bonds is 14. The van der Waals surface area contributed by atoms with Crippen molar-refractivity contribution in [3.8, 4) is 0 Å². The predicted octanol–water partition coefficient (Wildman–Crippen LogP) is 1.44. The van der Waals surface area contributed by atoms with Crippen LogP contribution >= 0.6 is 11.8 Å². The number of fused-ring (bicyclic) bond motifs is 1. The first-order valence-corrected chi connectivity index (χ1v) is 12.3. The molecule has 0 aromatic heterocycles. The molecule has 11 nitrogen and oxygen atoms in total. The Morgan fingerprint density at radius 2 is 1.67 bits per heavy atom. The largest absolute Gasteiger partial charge is 0.460 e. The van der Waals surface area contributed by atoms with Crippen molar-refractivity contribution in [3.63, 3.8) is 0 Å². The van der Waals surface area contributed by atoms with Crippen molar-refractivity contribution in [2.45, 2.75) is 61.4 Å². The van der Waals surface area contributed by atoms with Gasteiger partial charge in [-0.1, -0.05) is 38.0 Å². The zero-order valence-corrected chi connectivity index (χ0v) is 21.3. The summed E-state index contributed by atoms with van der Waals surface area (Å²) in [5, 5.41) is 4.73. The standard InChI is InChI=1S/C24H33N3O8S/c1-6-12-33-21(30)15(25-23(32)35-14-8-3)10-9-11-16(28)26-17-19(29)27-18(22(31)34-13-7-2)24(4,5)36-20(17)27/h6-8,15,17-18,20H,1-3,9-14H2,4-5H3,(H,25,32)(H,26,28)/t15-,17-,18+,20-/m1/s1. The molecule has 4 atom stereocenters. The van der Waals surface area contributed by atoms with E-state index in [9.17, 15) is 24.0 Å². The SMILES string of the molecule is C=CCOC(=O)N[C@H](CCCC(=O)N[C@@H]1C(=O)N2[C@@H]1SC(C)(C)[C@@H]2C(=O)OCC=C)C(=O)OCC=C. The Labute approximate surface area is 214 Å². The third-order valence-electron chi connectivity index (χ3n) is 5.47. The highest BCUT2D eigenvalue weighted by molar-refractivity contribution is 8.01. The van der Waals surface area contributed by atoms with E-state index < -0.39 is 46.8 Å². The van der Waals surface area contributed by atoms with Crippen molar-refractivity contribution in [1.82, 2.24) is 15.5 Å². The molecule has 0 radical (unpaired) electrons. The molecule has 3 amide bonds. The first kappa shape index (κ1) is 29.0. The molecule has 2 saturated heterocycles. The molecule has 2 fully saturated rings. The topological polar surface area (TPSA) is 140 Å². The lowest BCUT2D eigenvalue weighted by molar-refractivity contribution is -0.163. The Hall–Kier alpha value is -3.28. The molecule has 2 N–H and O–H groups in total. The monoisotopic (exact) mass is 523 g/mol. The Balaban J connectivity index is 1.89. The van der Waals surface area contributed by atoms with Crippen molar-refractivity contribution in [2.75, 3.05) is 19.8 Å². The quantitative estimate of drug-likeness (QED) is 0.150. The number of carbonyl (C=O) groups is 5. The van der Waals surface area contributed by atoms with Crippen LogP contribution in [0.1, 0.15) is 33.1 Å². The molecule has 2 heterocycles. The van der Waals surface area contributed by atoms with E-state index in [2.05, 4.69) is 30.4 Å². The minimum Gasteiger partial charge on any atom is -0.460 e. The average Bonchev–Trinajstić information content (AvgIpc) is 3.10. The number of thioether (sulfide) groups is 1. The molecule has 0 saturated carbocycles. The van der Waals surface area contributed by atoms with E-state index in [-0.39, 0.29) is 50.4 Å². The summed E-state index contributed by atoms with van der Waals surface area (Å²) >= 11 is 1.42. The van der Waals surface area contributed by atoms with E-state index in [1.165, 1.54) is 34.9 Å². The summed E-state index contributed by atoms with van der Waals surface area (Å²) in [6.45, 7) is 14.1. The van der Waals surface area contributed by atoms with Gasteiger partial charge in [0.2, 0.25) is 11.8 Å². The fourth-order valence-corrected chi connectivity index (χ4v) is 5.49. The van der Waals surface area contributed by atoms with Crippen LogP contribution in [-0.4, -0.2) is 82.8 Å². The summed E-state index contributed by atoms with van der Waals surface area (Å²) in [6.07, 6.45) is 3.75. The Morgan fingerprint density at radius 3 is 2.31 bits per heavy atom. The van der Waals surface area contributed by atoms with Crippen molar-refractivity contribution >= 4 is 41.6 Å². The summed E-state index contributed by atoms with van der Waals surface area (Å²) in [5.74, 6) is -1.95. The number of alkyl carbamates (subject to hydrolysis) is 1. The van der Waals surface area contributed by atoms with E-state index >= 15 is 0 Å². The van der Waals surface area contributed by atoms with E-state index in [4.69, 9.17) is 14.2 Å². The maximum Gasteiger partial charge on any atom is 0.408 e. The van der Waals surface area contributed by atoms with Gasteiger partial charge < -0.3 is 29.7 Å². The number of hydrogen-bond acceptors (Lipinski definition) is 9. The van der Waals surface area contributed by atoms with Crippen LogP contribution in [0.5, 0.6) is 0 Å². The van der Waals surface area contributed by atoms with Crippen LogP contribution in [0.15, 0.2) is 38.0 Å². The number of amides is 3. The molecule has 0 unspecified atom stereocenters. The lowest BCUT2D eigenvalue weighted by Crippen LogP contribution is -2.70. The second kappa shape index (κ2) is 13.1.